The minimum atomic E-state index is -0.418. The van der Waals surface area contributed by atoms with Crippen molar-refractivity contribution < 1.29 is 33.1 Å². The number of benzene rings is 3. The monoisotopic (exact) mass is 754 g/mol. The Balaban J connectivity index is 0.00000188. The predicted octanol–water partition coefficient (Wildman–Crippen LogP) is 6.97. The third-order valence-corrected chi connectivity index (χ3v) is 9.86. The van der Waals surface area contributed by atoms with Gasteiger partial charge in [-0.25, -0.2) is 4.79 Å². The molecule has 0 aliphatic carbocycles. The maximum absolute atomic E-state index is 13.1. The van der Waals surface area contributed by atoms with E-state index in [1.807, 2.05) is 66.5 Å². The number of aromatic nitrogens is 2. The third kappa shape index (κ3) is 11.3. The first-order chi connectivity index (χ1) is 24.4. The number of hydrogen-bond acceptors (Lipinski definition) is 8. The van der Waals surface area contributed by atoms with Crippen LogP contribution in [0.2, 0.25) is 10.0 Å². The van der Waals surface area contributed by atoms with Crippen molar-refractivity contribution in [2.75, 3.05) is 64.6 Å². The average Bonchev–Trinajstić information content (AvgIpc) is 3.56. The maximum atomic E-state index is 13.1. The van der Waals surface area contributed by atoms with Crippen LogP contribution in [-0.2, 0) is 20.9 Å². The van der Waals surface area contributed by atoms with Crippen molar-refractivity contribution >= 4 is 58.8 Å². The van der Waals surface area contributed by atoms with E-state index in [1.165, 1.54) is 0 Å². The second-order valence-electron chi connectivity index (χ2n) is 12.8. The Labute approximate surface area is 312 Å². The summed E-state index contributed by atoms with van der Waals surface area (Å²) < 4.78 is 14.1. The number of quaternary nitrogens is 1. The molecule has 11 nitrogen and oxygen atoms in total. The highest BCUT2D eigenvalue weighted by molar-refractivity contribution is 7.99. The lowest BCUT2D eigenvalue weighted by atomic mass is 10.1. The second kappa shape index (κ2) is 18.8. The lowest BCUT2D eigenvalue weighted by Crippen LogP contribution is -2.36. The van der Waals surface area contributed by atoms with E-state index in [-0.39, 0.29) is 25.3 Å². The van der Waals surface area contributed by atoms with Gasteiger partial charge in [0.2, 0.25) is 0 Å². The summed E-state index contributed by atoms with van der Waals surface area (Å²) in [6.45, 7) is 4.84. The lowest BCUT2D eigenvalue weighted by molar-refractivity contribution is -0.870. The van der Waals surface area contributed by atoms with E-state index in [9.17, 15) is 9.59 Å². The van der Waals surface area contributed by atoms with E-state index >= 15 is 0 Å². The number of fused-ring (bicyclic) bond motifs is 1. The molecule has 1 aromatic heterocycles. The molecule has 1 N–H and O–H groups in total. The SMILES string of the molecule is Cc1c(Cl)cccc1OCCOC(=O)N1CCSc2c(-c3cnn(Cc4cc(C(=O)NCCCC[N+](C)(C)C)ccc4Cl)c3)cccc21.O=C=O. The summed E-state index contributed by atoms with van der Waals surface area (Å²) in [4.78, 5) is 44.9. The van der Waals surface area contributed by atoms with Gasteiger partial charge in [-0.2, -0.15) is 14.7 Å². The van der Waals surface area contributed by atoms with Gasteiger partial charge < -0.3 is 19.3 Å². The molecule has 0 radical (unpaired) electrons. The van der Waals surface area contributed by atoms with Gasteiger partial charge in [0, 0.05) is 62.2 Å². The molecule has 2 heterocycles. The summed E-state index contributed by atoms with van der Waals surface area (Å²) in [5.74, 6) is 1.28. The Morgan fingerprint density at radius 2 is 1.78 bits per heavy atom. The Hall–Kier alpha value is -4.32. The highest BCUT2D eigenvalue weighted by Gasteiger charge is 2.27. The smallest absolute Gasteiger partial charge is 0.414 e. The Bertz CT molecular complexity index is 1860. The molecular weight excluding hydrogens is 713 g/mol. The number of carbonyl (C=O) groups excluding carboxylic acids is 4. The minimum Gasteiger partial charge on any atom is -0.490 e. The topological polar surface area (TPSA) is 120 Å². The van der Waals surface area contributed by atoms with Crippen molar-refractivity contribution in [3.63, 3.8) is 0 Å². The largest absolute Gasteiger partial charge is 0.490 e. The molecule has 270 valence electrons. The molecule has 51 heavy (non-hydrogen) atoms. The maximum Gasteiger partial charge on any atom is 0.414 e. The number of nitrogens with one attached hydrogen (secondary N) is 1. The molecule has 3 aromatic carbocycles. The zero-order valence-electron chi connectivity index (χ0n) is 29.1. The normalized spacial score (nSPS) is 12.2. The van der Waals surface area contributed by atoms with Gasteiger partial charge >= 0.3 is 12.2 Å². The van der Waals surface area contributed by atoms with E-state index in [0.717, 1.165) is 62.5 Å². The van der Waals surface area contributed by atoms with Crippen molar-refractivity contribution in [2.24, 2.45) is 0 Å². The van der Waals surface area contributed by atoms with Crippen LogP contribution >= 0.6 is 35.0 Å². The highest BCUT2D eigenvalue weighted by Crippen LogP contribution is 2.42. The molecule has 0 fully saturated rings. The van der Waals surface area contributed by atoms with Crippen LogP contribution in [0.3, 0.4) is 0 Å². The number of rotatable bonds is 13. The quantitative estimate of drug-likeness (QED) is 0.115. The van der Waals surface area contributed by atoms with Crippen molar-refractivity contribution in [1.29, 1.82) is 0 Å². The van der Waals surface area contributed by atoms with Gasteiger partial charge in [0.1, 0.15) is 19.0 Å². The third-order valence-electron chi connectivity index (χ3n) is 7.98. The summed E-state index contributed by atoms with van der Waals surface area (Å²) in [5, 5.41) is 8.83. The van der Waals surface area contributed by atoms with Gasteiger partial charge in [0.05, 0.1) is 46.1 Å². The van der Waals surface area contributed by atoms with Crippen LogP contribution in [0.15, 0.2) is 71.9 Å². The van der Waals surface area contributed by atoms with E-state index in [4.69, 9.17) is 42.3 Å². The number of nitrogens with zero attached hydrogens (tertiary/aromatic N) is 4. The summed E-state index contributed by atoms with van der Waals surface area (Å²) in [6, 6.07) is 16.7. The van der Waals surface area contributed by atoms with Crippen LogP contribution in [0, 0.1) is 6.92 Å². The van der Waals surface area contributed by atoms with Crippen LogP contribution in [-0.4, -0.2) is 92.2 Å². The number of unbranched alkanes of at least 4 members (excludes halogenated alkanes) is 1. The zero-order chi connectivity index (χ0) is 37.0. The number of ether oxygens (including phenoxy) is 2. The fourth-order valence-electron chi connectivity index (χ4n) is 5.38. The summed E-state index contributed by atoms with van der Waals surface area (Å²) in [7, 11) is 6.50. The van der Waals surface area contributed by atoms with Gasteiger partial charge in [-0.1, -0.05) is 41.4 Å². The van der Waals surface area contributed by atoms with Gasteiger partial charge in [-0.05, 0) is 61.7 Å². The number of amides is 2. The molecule has 2 amide bonds. The van der Waals surface area contributed by atoms with Crippen molar-refractivity contribution in [1.82, 2.24) is 15.1 Å². The fraction of sp³-hybridized carbons (Fsp3) is 0.351. The second-order valence-corrected chi connectivity index (χ2v) is 14.7. The molecule has 1 aliphatic heterocycles. The molecule has 0 atom stereocenters. The molecule has 0 saturated carbocycles. The number of anilines is 1. The zero-order valence-corrected chi connectivity index (χ0v) is 31.4. The molecule has 14 heteroatoms. The minimum absolute atomic E-state index is 0.110. The van der Waals surface area contributed by atoms with Crippen LogP contribution < -0.4 is 15.0 Å². The Morgan fingerprint density at radius 3 is 2.55 bits per heavy atom. The summed E-state index contributed by atoms with van der Waals surface area (Å²) in [6.07, 6.45) is 5.57. The fourth-order valence-corrected chi connectivity index (χ4v) is 6.87. The van der Waals surface area contributed by atoms with Gasteiger partial charge in [0.25, 0.3) is 5.91 Å². The van der Waals surface area contributed by atoms with Gasteiger partial charge in [-0.3, -0.25) is 14.4 Å². The molecule has 0 spiro atoms. The van der Waals surface area contributed by atoms with Crippen molar-refractivity contribution in [2.45, 2.75) is 31.2 Å². The van der Waals surface area contributed by atoms with E-state index in [1.54, 1.807) is 28.8 Å². The van der Waals surface area contributed by atoms with Crippen LogP contribution in [0.5, 0.6) is 5.75 Å². The molecule has 0 bridgehead atoms. The van der Waals surface area contributed by atoms with Gasteiger partial charge in [-0.15, -0.1) is 11.8 Å². The molecule has 1 aliphatic rings. The predicted molar refractivity (Wildman–Crippen MR) is 199 cm³/mol. The number of thioether (sulfide) groups is 1. The number of carbonyl (C=O) groups is 2. The van der Waals surface area contributed by atoms with Crippen molar-refractivity contribution in [3.8, 4) is 16.9 Å². The average molecular weight is 756 g/mol. The standard InChI is InChI=1S/C36H41Cl2N5O4S.CO2/c1-25-30(37)10-8-12-33(25)46-18-19-47-36(45)42-16-20-48-34-29(9-7-11-32(34)42)28-22-40-41(24-28)23-27-21-26(13-14-31(27)38)35(44)39-15-5-6-17-43(2,3)4;2-1-3/h7-14,21-22,24H,5-6,15-20,23H2,1-4H3;/p+1. The molecular formula is C37H42Cl2N5O6S+. The first-order valence-electron chi connectivity index (χ1n) is 16.4. The van der Waals surface area contributed by atoms with E-state index < -0.39 is 6.09 Å². The molecule has 4 aromatic rings. The van der Waals surface area contributed by atoms with Gasteiger partial charge in [0.15, 0.2) is 0 Å². The summed E-state index contributed by atoms with van der Waals surface area (Å²) in [5.41, 5.74) is 4.91. The molecule has 0 unspecified atom stereocenters. The Kier molecular flexibility index (Phi) is 14.5. The first-order valence-corrected chi connectivity index (χ1v) is 18.1. The Morgan fingerprint density at radius 1 is 1.02 bits per heavy atom. The van der Waals surface area contributed by atoms with E-state index in [0.29, 0.717) is 41.0 Å². The van der Waals surface area contributed by atoms with Crippen LogP contribution in [0.1, 0.15) is 34.3 Å². The highest BCUT2D eigenvalue weighted by atomic mass is 35.5. The number of hydrogen-bond donors (Lipinski definition) is 1. The van der Waals surface area contributed by atoms with E-state index in [2.05, 4.69) is 31.6 Å². The first kappa shape index (κ1) is 39.5. The van der Waals surface area contributed by atoms with Crippen LogP contribution in [0.4, 0.5) is 10.5 Å². The summed E-state index contributed by atoms with van der Waals surface area (Å²) >= 11 is 14.4. The molecule has 5 rings (SSSR count). The lowest BCUT2D eigenvalue weighted by Gasteiger charge is -2.29. The van der Waals surface area contributed by atoms with Crippen LogP contribution in [0.25, 0.3) is 11.1 Å². The molecule has 0 saturated heterocycles. The van der Waals surface area contributed by atoms with Crippen molar-refractivity contribution in [3.05, 3.63) is 93.7 Å². The number of halogens is 2.